The molecule has 194 valence electrons. The van der Waals surface area contributed by atoms with E-state index in [1.807, 2.05) is 20.8 Å². The van der Waals surface area contributed by atoms with Gasteiger partial charge in [-0.05, 0) is 43.3 Å². The van der Waals surface area contributed by atoms with Gasteiger partial charge in [0.1, 0.15) is 22.6 Å². The number of nitrogens with zero attached hydrogens (tertiary/aromatic N) is 3. The smallest absolute Gasteiger partial charge is 0.231 e. The van der Waals surface area contributed by atoms with E-state index in [9.17, 15) is 13.6 Å². The largest absolute Gasteiger partial charge is 0.379 e. The summed E-state index contributed by atoms with van der Waals surface area (Å²) in [5.74, 6) is -3.18. The van der Waals surface area contributed by atoms with Crippen LogP contribution in [0.1, 0.15) is 42.4 Å². The molecule has 0 saturated carbocycles. The van der Waals surface area contributed by atoms with Gasteiger partial charge in [-0.15, -0.1) is 5.10 Å². The number of anilines is 1. The summed E-state index contributed by atoms with van der Waals surface area (Å²) in [5.41, 5.74) is 8.59. The Labute approximate surface area is 227 Å². The highest BCUT2D eigenvalue weighted by atomic mass is 35.5. The highest BCUT2D eigenvalue weighted by Gasteiger charge is 2.28. The van der Waals surface area contributed by atoms with Gasteiger partial charge in [0, 0.05) is 38.0 Å². The van der Waals surface area contributed by atoms with E-state index in [2.05, 4.69) is 25.5 Å². The van der Waals surface area contributed by atoms with Crippen molar-refractivity contribution in [1.82, 2.24) is 20.2 Å². The zero-order valence-electron chi connectivity index (χ0n) is 20.2. The van der Waals surface area contributed by atoms with Crippen molar-refractivity contribution >= 4 is 46.6 Å². The molecule has 12 heteroatoms. The lowest BCUT2D eigenvalue weighted by atomic mass is 9.94. The number of hydrogen-bond donors (Lipinski definition) is 3. The number of H-pyrrole nitrogens is 1. The maximum absolute atomic E-state index is 13.9. The Morgan fingerprint density at radius 1 is 1.11 bits per heavy atom. The molecule has 0 bridgehead atoms. The first-order valence-electron chi connectivity index (χ1n) is 11.2. The van der Waals surface area contributed by atoms with Crippen molar-refractivity contribution in [3.05, 3.63) is 93.1 Å². The van der Waals surface area contributed by atoms with Gasteiger partial charge < -0.3 is 16.0 Å². The zero-order chi connectivity index (χ0) is 27.1. The molecule has 1 atom stereocenters. The molecule has 1 unspecified atom stereocenters. The van der Waals surface area contributed by atoms with Crippen LogP contribution in [0, 0.1) is 18.6 Å². The predicted molar refractivity (Wildman–Crippen MR) is 142 cm³/mol. The Morgan fingerprint density at radius 3 is 2.35 bits per heavy atom. The minimum atomic E-state index is -1.06. The number of halogens is 4. The molecule has 1 amide bonds. The Morgan fingerprint density at radius 2 is 1.81 bits per heavy atom. The number of aryl methyl sites for hydroxylation is 1. The zero-order valence-corrected chi connectivity index (χ0v) is 22.5. The number of rotatable bonds is 8. The van der Waals surface area contributed by atoms with E-state index in [-0.39, 0.29) is 20.6 Å². The molecule has 2 aromatic heterocycles. The number of carbonyl (C=O) groups excluding carboxylic acids is 1. The molecular formula is C25H24Cl2F2N6OS. The Kier molecular flexibility index (Phi) is 9.85. The van der Waals surface area contributed by atoms with E-state index in [4.69, 9.17) is 28.9 Å². The van der Waals surface area contributed by atoms with Crippen LogP contribution in [-0.4, -0.2) is 26.1 Å². The number of benzene rings is 2. The van der Waals surface area contributed by atoms with Gasteiger partial charge in [0.2, 0.25) is 5.91 Å². The molecule has 4 N–H and O–H groups in total. The molecule has 4 aromatic rings. The molecule has 0 radical (unpaired) electrons. The van der Waals surface area contributed by atoms with Gasteiger partial charge in [0.05, 0.1) is 24.3 Å². The molecule has 0 aliphatic rings. The minimum Gasteiger partial charge on any atom is -0.379 e. The molecule has 0 spiro atoms. The van der Waals surface area contributed by atoms with Crippen LogP contribution < -0.4 is 11.1 Å². The van der Waals surface area contributed by atoms with Crippen LogP contribution in [-0.2, 0) is 11.3 Å². The second-order valence-corrected chi connectivity index (χ2v) is 9.37. The van der Waals surface area contributed by atoms with Crippen molar-refractivity contribution in [2.24, 2.45) is 5.73 Å². The van der Waals surface area contributed by atoms with Crippen molar-refractivity contribution in [3.63, 3.8) is 0 Å². The van der Waals surface area contributed by atoms with Gasteiger partial charge in [0.15, 0.2) is 0 Å². The minimum absolute atomic E-state index is 0.180. The fraction of sp³-hybridized carbons (Fsp3) is 0.200. The van der Waals surface area contributed by atoms with Gasteiger partial charge in [-0.25, -0.2) is 13.8 Å². The Bertz CT molecular complexity index is 1360. The second kappa shape index (κ2) is 12.8. The maximum atomic E-state index is 13.9. The number of aromatic amines is 1. The number of primary amides is 1. The molecule has 0 fully saturated rings. The third-order valence-corrected chi connectivity index (χ3v) is 6.71. The molecule has 37 heavy (non-hydrogen) atoms. The van der Waals surface area contributed by atoms with Crippen molar-refractivity contribution in [2.45, 2.75) is 43.2 Å². The topological polar surface area (TPSA) is 110 Å². The summed E-state index contributed by atoms with van der Waals surface area (Å²) >= 11 is 14.0. The SMILES string of the molecule is CC.Cc1[nH]cnc1CNc1cc(Cl)c(C(C(N)=O)c2ccc(Sc3ccc(F)cc3F)nn2)c(Cl)c1. The van der Waals surface area contributed by atoms with Crippen LogP contribution in [0.4, 0.5) is 14.5 Å². The first kappa shape index (κ1) is 28.4. The van der Waals surface area contributed by atoms with E-state index in [0.29, 0.717) is 22.8 Å². The summed E-state index contributed by atoms with van der Waals surface area (Å²) < 4.78 is 27.1. The lowest BCUT2D eigenvalue weighted by Gasteiger charge is -2.18. The highest BCUT2D eigenvalue weighted by molar-refractivity contribution is 7.99. The van der Waals surface area contributed by atoms with Crippen molar-refractivity contribution in [1.29, 1.82) is 0 Å². The van der Waals surface area contributed by atoms with Crippen LogP contribution in [0.2, 0.25) is 10.0 Å². The van der Waals surface area contributed by atoms with Crippen LogP contribution in [0.3, 0.4) is 0 Å². The molecule has 0 saturated heterocycles. The third-order valence-electron chi connectivity index (χ3n) is 5.11. The van der Waals surface area contributed by atoms with Gasteiger partial charge in [-0.3, -0.25) is 4.79 Å². The fourth-order valence-corrected chi connectivity index (χ4v) is 4.80. The number of amides is 1. The average molecular weight is 565 g/mol. The number of nitrogens with one attached hydrogen (secondary N) is 2. The third kappa shape index (κ3) is 6.97. The quantitative estimate of drug-likeness (QED) is 0.225. The van der Waals surface area contributed by atoms with E-state index < -0.39 is 23.5 Å². The highest BCUT2D eigenvalue weighted by Crippen LogP contribution is 2.38. The molecule has 7 nitrogen and oxygen atoms in total. The molecule has 4 rings (SSSR count). The summed E-state index contributed by atoms with van der Waals surface area (Å²) in [5, 5.41) is 12.1. The average Bonchev–Trinajstić information content (AvgIpc) is 3.28. The van der Waals surface area contributed by atoms with E-state index >= 15 is 0 Å². The summed E-state index contributed by atoms with van der Waals surface area (Å²) in [6.07, 6.45) is 1.60. The van der Waals surface area contributed by atoms with E-state index in [0.717, 1.165) is 35.3 Å². The summed E-state index contributed by atoms with van der Waals surface area (Å²) in [4.78, 5) is 19.8. The first-order chi connectivity index (χ1) is 17.7. The molecule has 2 heterocycles. The van der Waals surface area contributed by atoms with Crippen molar-refractivity contribution in [3.8, 4) is 0 Å². The second-order valence-electron chi connectivity index (χ2n) is 7.49. The maximum Gasteiger partial charge on any atom is 0.231 e. The molecule has 2 aromatic carbocycles. The summed E-state index contributed by atoms with van der Waals surface area (Å²) in [6, 6.07) is 9.59. The number of carbonyl (C=O) groups is 1. The lowest BCUT2D eigenvalue weighted by molar-refractivity contribution is -0.118. The van der Waals surface area contributed by atoms with Crippen LogP contribution in [0.15, 0.2) is 58.7 Å². The number of imidazole rings is 1. The Hall–Kier alpha value is -3.21. The van der Waals surface area contributed by atoms with Gasteiger partial charge in [0.25, 0.3) is 0 Å². The number of aromatic nitrogens is 4. The normalized spacial score (nSPS) is 11.4. The molecule has 0 aliphatic carbocycles. The number of nitrogens with two attached hydrogens (primary N) is 1. The van der Waals surface area contributed by atoms with Crippen LogP contribution in [0.25, 0.3) is 0 Å². The predicted octanol–water partition coefficient (Wildman–Crippen LogP) is 6.50. The lowest BCUT2D eigenvalue weighted by Crippen LogP contribution is -2.24. The summed E-state index contributed by atoms with van der Waals surface area (Å²) in [7, 11) is 0. The van der Waals surface area contributed by atoms with Crippen LogP contribution in [0.5, 0.6) is 0 Å². The van der Waals surface area contributed by atoms with Crippen LogP contribution >= 0.6 is 35.0 Å². The van der Waals surface area contributed by atoms with E-state index in [1.54, 1.807) is 24.5 Å². The first-order valence-corrected chi connectivity index (χ1v) is 12.8. The summed E-state index contributed by atoms with van der Waals surface area (Å²) in [6.45, 7) is 6.35. The molecule has 0 aliphatic heterocycles. The monoisotopic (exact) mass is 564 g/mol. The fourth-order valence-electron chi connectivity index (χ4n) is 3.36. The van der Waals surface area contributed by atoms with Gasteiger partial charge in [-0.2, -0.15) is 5.10 Å². The molecular weight excluding hydrogens is 541 g/mol. The van der Waals surface area contributed by atoms with Gasteiger partial charge in [-0.1, -0.05) is 48.8 Å². The van der Waals surface area contributed by atoms with Gasteiger partial charge >= 0.3 is 0 Å². The Balaban J connectivity index is 0.00000186. The van der Waals surface area contributed by atoms with Crippen molar-refractivity contribution < 1.29 is 13.6 Å². The standard InChI is InChI=1S/C23H18Cl2F2N6OS.C2H6/c1-11-18(31-10-30-11)9-29-13-7-14(24)21(15(25)8-13)22(23(28)34)17-3-5-20(33-32-17)35-19-4-2-12(26)6-16(19)27;1-2/h2-8,10,22,29H,9H2,1H3,(H2,28,34)(H,30,31);1-2H3. The number of hydrogen-bond acceptors (Lipinski definition) is 6. The van der Waals surface area contributed by atoms with E-state index in [1.165, 1.54) is 12.1 Å². The van der Waals surface area contributed by atoms with Crippen molar-refractivity contribution in [2.75, 3.05) is 5.32 Å².